The van der Waals surface area contributed by atoms with Gasteiger partial charge in [0.05, 0.1) is 0 Å². The SMILES string of the molecule is O=S(=O)(Oc1ncnc2[n-]ccc12)C(F)(F)F.[Pt]. The average molecular weight is 461 g/mol. The molecule has 0 spiro atoms. The quantitative estimate of drug-likeness (QED) is 0.487. The fraction of sp³-hybridized carbons (Fsp3) is 0.143. The standard InChI is InChI=1S/C7H3F3N3O3S.Pt/c8-7(9,10)17(14,15)16-6-4-1-2-11-5(4)12-3-13-6;/h1-3H;/q-1;. The molecule has 0 saturated carbocycles. The molecular formula is C7H3F3N3O3PtS-. The molecule has 2 aromatic heterocycles. The molecule has 0 amide bonds. The van der Waals surface area contributed by atoms with Crippen LogP contribution in [-0.4, -0.2) is 23.9 Å². The van der Waals surface area contributed by atoms with Crippen molar-refractivity contribution in [1.82, 2.24) is 15.0 Å². The fourth-order valence-electron chi connectivity index (χ4n) is 1.02. The zero-order valence-corrected chi connectivity index (χ0v) is 11.2. The smallest absolute Gasteiger partial charge is 0.442 e. The third-order valence-electron chi connectivity index (χ3n) is 1.74. The summed E-state index contributed by atoms with van der Waals surface area (Å²) in [5.41, 5.74) is -5.46. The van der Waals surface area contributed by atoms with Gasteiger partial charge in [-0.3, -0.25) is 0 Å². The normalized spacial score (nSPS) is 12.2. The number of aromatic nitrogens is 3. The minimum absolute atomic E-state index is 0. The van der Waals surface area contributed by atoms with E-state index in [1.165, 1.54) is 12.3 Å². The first kappa shape index (κ1) is 14.9. The molecule has 11 heteroatoms. The van der Waals surface area contributed by atoms with E-state index in [0.717, 1.165) is 6.33 Å². The van der Waals surface area contributed by atoms with E-state index in [-0.39, 0.29) is 32.1 Å². The summed E-state index contributed by atoms with van der Waals surface area (Å²) in [5.74, 6) is -0.704. The Balaban J connectivity index is 0.00000162. The number of halogens is 3. The molecule has 2 rings (SSSR count). The van der Waals surface area contributed by atoms with Crippen LogP contribution in [0.15, 0.2) is 18.6 Å². The molecular weight excluding hydrogens is 458 g/mol. The zero-order chi connectivity index (χ0) is 12.7. The van der Waals surface area contributed by atoms with Crippen LogP contribution in [0.3, 0.4) is 0 Å². The summed E-state index contributed by atoms with van der Waals surface area (Å²) in [6.07, 6.45) is 2.10. The zero-order valence-electron chi connectivity index (χ0n) is 8.16. The van der Waals surface area contributed by atoms with Crippen LogP contribution < -0.4 is 9.17 Å². The molecule has 0 N–H and O–H groups in total. The van der Waals surface area contributed by atoms with Gasteiger partial charge in [-0.05, 0) is 5.65 Å². The van der Waals surface area contributed by atoms with Gasteiger partial charge in [-0.2, -0.15) is 21.6 Å². The predicted molar refractivity (Wildman–Crippen MR) is 48.5 cm³/mol. The molecule has 0 saturated heterocycles. The van der Waals surface area contributed by atoms with Gasteiger partial charge in [0.15, 0.2) is 0 Å². The maximum atomic E-state index is 12.1. The molecule has 0 aliphatic carbocycles. The van der Waals surface area contributed by atoms with Gasteiger partial charge in [-0.1, -0.05) is 12.3 Å². The first-order chi connectivity index (χ1) is 7.81. The largest absolute Gasteiger partial charge is 0.534 e. The van der Waals surface area contributed by atoms with Crippen LogP contribution in [0.25, 0.3) is 11.0 Å². The maximum absolute atomic E-state index is 12.1. The van der Waals surface area contributed by atoms with Gasteiger partial charge in [-0.25, -0.2) is 4.98 Å². The Labute approximate surface area is 113 Å². The summed E-state index contributed by atoms with van der Waals surface area (Å²) < 4.78 is 61.6. The summed E-state index contributed by atoms with van der Waals surface area (Å²) in [7, 11) is -5.74. The third-order valence-corrected chi connectivity index (χ3v) is 2.68. The van der Waals surface area contributed by atoms with Gasteiger partial charge in [0, 0.05) is 32.8 Å². The first-order valence-corrected chi connectivity index (χ1v) is 5.45. The van der Waals surface area contributed by atoms with Crippen molar-refractivity contribution in [2.75, 3.05) is 0 Å². The fourth-order valence-corrected chi connectivity index (χ4v) is 1.45. The van der Waals surface area contributed by atoms with E-state index in [0.29, 0.717) is 0 Å². The molecule has 0 aliphatic rings. The average Bonchev–Trinajstić information content (AvgIpc) is 2.64. The van der Waals surface area contributed by atoms with Crippen LogP contribution in [-0.2, 0) is 31.2 Å². The molecule has 0 aliphatic heterocycles. The van der Waals surface area contributed by atoms with E-state index in [1.807, 2.05) is 0 Å². The van der Waals surface area contributed by atoms with E-state index in [2.05, 4.69) is 19.1 Å². The predicted octanol–water partition coefficient (Wildman–Crippen LogP) is 0.813. The van der Waals surface area contributed by atoms with Crippen molar-refractivity contribution in [3.05, 3.63) is 18.6 Å². The Kier molecular flexibility index (Phi) is 4.01. The molecule has 0 aromatic carbocycles. The first-order valence-electron chi connectivity index (χ1n) is 4.04. The van der Waals surface area contributed by atoms with Crippen molar-refractivity contribution >= 4 is 21.2 Å². The summed E-state index contributed by atoms with van der Waals surface area (Å²) >= 11 is 0. The van der Waals surface area contributed by atoms with Crippen LogP contribution >= 0.6 is 0 Å². The number of hydrogen-bond acceptors (Lipinski definition) is 5. The molecule has 0 unspecified atom stereocenters. The number of hydrogen-bond donors (Lipinski definition) is 0. The molecule has 0 atom stereocenters. The second kappa shape index (κ2) is 4.85. The van der Waals surface area contributed by atoms with Crippen LogP contribution in [0.4, 0.5) is 13.2 Å². The van der Waals surface area contributed by atoms with Gasteiger partial charge < -0.3 is 14.2 Å². The van der Waals surface area contributed by atoms with Crippen LogP contribution in [0.1, 0.15) is 0 Å². The second-order valence-corrected chi connectivity index (χ2v) is 4.38. The molecule has 2 aromatic rings. The molecule has 2 heterocycles. The molecule has 0 bridgehead atoms. The van der Waals surface area contributed by atoms with Gasteiger partial charge >= 0.3 is 15.6 Å². The summed E-state index contributed by atoms with van der Waals surface area (Å²) in [5, 5.41) is -0.0136. The minimum Gasteiger partial charge on any atom is -0.442 e. The summed E-state index contributed by atoms with van der Waals surface area (Å²) in [6.45, 7) is 0. The van der Waals surface area contributed by atoms with Gasteiger partial charge in [0.2, 0.25) is 5.88 Å². The van der Waals surface area contributed by atoms with Crippen molar-refractivity contribution in [3.63, 3.8) is 0 Å². The van der Waals surface area contributed by atoms with Crippen LogP contribution in [0.5, 0.6) is 5.88 Å². The maximum Gasteiger partial charge on any atom is 0.534 e. The van der Waals surface area contributed by atoms with Gasteiger partial charge in [-0.15, -0.1) is 0 Å². The monoisotopic (exact) mass is 461 g/mol. The number of rotatable bonds is 2. The Bertz CT molecular complexity index is 654. The van der Waals surface area contributed by atoms with Crippen molar-refractivity contribution in [1.29, 1.82) is 0 Å². The molecule has 6 nitrogen and oxygen atoms in total. The van der Waals surface area contributed by atoms with E-state index in [1.54, 1.807) is 0 Å². The van der Waals surface area contributed by atoms with E-state index >= 15 is 0 Å². The number of alkyl halides is 3. The Morgan fingerprint density at radius 2 is 1.94 bits per heavy atom. The summed E-state index contributed by atoms with van der Waals surface area (Å²) in [4.78, 5) is 10.6. The van der Waals surface area contributed by atoms with Crippen molar-refractivity contribution < 1.29 is 46.8 Å². The third kappa shape index (κ3) is 2.64. The molecule has 0 fully saturated rings. The van der Waals surface area contributed by atoms with E-state index in [4.69, 9.17) is 0 Å². The Morgan fingerprint density at radius 3 is 2.56 bits per heavy atom. The Hall–Kier alpha value is -1.15. The van der Waals surface area contributed by atoms with Gasteiger partial charge in [0.25, 0.3) is 0 Å². The summed E-state index contributed by atoms with van der Waals surface area (Å²) in [6, 6.07) is 1.25. The number of nitrogens with zero attached hydrogens (tertiary/aromatic N) is 3. The van der Waals surface area contributed by atoms with Gasteiger partial charge in [0.1, 0.15) is 0 Å². The van der Waals surface area contributed by atoms with Crippen molar-refractivity contribution in [3.8, 4) is 5.88 Å². The molecule has 102 valence electrons. The van der Waals surface area contributed by atoms with Crippen LogP contribution in [0.2, 0.25) is 0 Å². The Morgan fingerprint density at radius 1 is 1.28 bits per heavy atom. The number of fused-ring (bicyclic) bond motifs is 1. The minimum atomic E-state index is -5.74. The van der Waals surface area contributed by atoms with E-state index in [9.17, 15) is 21.6 Å². The van der Waals surface area contributed by atoms with E-state index < -0.39 is 21.5 Å². The molecule has 0 radical (unpaired) electrons. The van der Waals surface area contributed by atoms with Crippen molar-refractivity contribution in [2.45, 2.75) is 5.51 Å². The molecule has 18 heavy (non-hydrogen) atoms. The van der Waals surface area contributed by atoms with Crippen LogP contribution in [0, 0.1) is 0 Å². The second-order valence-electron chi connectivity index (χ2n) is 2.84. The topological polar surface area (TPSA) is 83.2 Å². The van der Waals surface area contributed by atoms with Crippen molar-refractivity contribution in [2.24, 2.45) is 0 Å².